The summed E-state index contributed by atoms with van der Waals surface area (Å²) < 4.78 is 0. The van der Waals surface area contributed by atoms with Crippen LogP contribution >= 0.6 is 0 Å². The number of likely N-dealkylation sites (tertiary alicyclic amines) is 1. The monoisotopic (exact) mass is 253 g/mol. The van der Waals surface area contributed by atoms with Crippen LogP contribution < -0.4 is 5.32 Å². The number of rotatable bonds is 8. The molecule has 2 fully saturated rings. The third-order valence-corrected chi connectivity index (χ3v) is 4.79. The molecular formula is C15H31N3. The number of hydrogen-bond donors (Lipinski definition) is 1. The van der Waals surface area contributed by atoms with Gasteiger partial charge in [-0.2, -0.15) is 0 Å². The Balaban J connectivity index is 1.60. The lowest BCUT2D eigenvalue weighted by atomic mass is 10.0. The van der Waals surface area contributed by atoms with Gasteiger partial charge in [-0.25, -0.2) is 0 Å². The first-order valence-corrected chi connectivity index (χ1v) is 7.83. The van der Waals surface area contributed by atoms with Crippen LogP contribution in [0.3, 0.4) is 0 Å². The summed E-state index contributed by atoms with van der Waals surface area (Å²) in [5, 5.41) is 3.65. The van der Waals surface area contributed by atoms with Gasteiger partial charge in [0.15, 0.2) is 0 Å². The maximum absolute atomic E-state index is 3.65. The van der Waals surface area contributed by atoms with Gasteiger partial charge in [0.25, 0.3) is 0 Å². The van der Waals surface area contributed by atoms with Crippen LogP contribution in [-0.4, -0.2) is 61.7 Å². The van der Waals surface area contributed by atoms with E-state index in [9.17, 15) is 0 Å². The molecule has 1 aliphatic heterocycles. The van der Waals surface area contributed by atoms with Crippen LogP contribution in [0.1, 0.15) is 39.5 Å². The molecule has 1 heterocycles. The van der Waals surface area contributed by atoms with E-state index in [1.54, 1.807) is 0 Å². The van der Waals surface area contributed by atoms with Gasteiger partial charge in [0.05, 0.1) is 0 Å². The molecular weight excluding hydrogens is 222 g/mol. The minimum Gasteiger partial charge on any atom is -0.314 e. The first kappa shape index (κ1) is 14.3. The van der Waals surface area contributed by atoms with Gasteiger partial charge in [-0.15, -0.1) is 0 Å². The topological polar surface area (TPSA) is 18.5 Å². The Morgan fingerprint density at radius 1 is 1.22 bits per heavy atom. The normalized spacial score (nSPS) is 24.7. The third-order valence-electron chi connectivity index (χ3n) is 4.79. The first-order chi connectivity index (χ1) is 8.66. The molecule has 1 N–H and O–H groups in total. The Hall–Kier alpha value is -0.120. The van der Waals surface area contributed by atoms with Gasteiger partial charge < -0.3 is 15.1 Å². The van der Waals surface area contributed by atoms with Gasteiger partial charge in [-0.1, -0.05) is 6.92 Å². The predicted octanol–water partition coefficient (Wildman–Crippen LogP) is 1.79. The van der Waals surface area contributed by atoms with E-state index >= 15 is 0 Å². The molecule has 1 saturated carbocycles. The van der Waals surface area contributed by atoms with Crippen molar-refractivity contribution in [3.05, 3.63) is 0 Å². The fourth-order valence-corrected chi connectivity index (χ4v) is 2.75. The second-order valence-electron chi connectivity index (χ2n) is 6.43. The Labute approximate surface area is 113 Å². The van der Waals surface area contributed by atoms with Crippen molar-refractivity contribution in [2.45, 2.75) is 51.6 Å². The predicted molar refractivity (Wildman–Crippen MR) is 78.0 cm³/mol. The zero-order valence-electron chi connectivity index (χ0n) is 12.5. The number of nitrogens with zero attached hydrogens (tertiary/aromatic N) is 2. The lowest BCUT2D eigenvalue weighted by Crippen LogP contribution is -2.42. The average molecular weight is 253 g/mol. The van der Waals surface area contributed by atoms with E-state index in [4.69, 9.17) is 0 Å². The van der Waals surface area contributed by atoms with Crippen molar-refractivity contribution in [2.24, 2.45) is 5.92 Å². The van der Waals surface area contributed by atoms with E-state index in [1.165, 1.54) is 58.4 Å². The molecule has 2 unspecified atom stereocenters. The largest absolute Gasteiger partial charge is 0.314 e. The van der Waals surface area contributed by atoms with E-state index in [0.29, 0.717) is 6.04 Å². The van der Waals surface area contributed by atoms with Crippen molar-refractivity contribution in [1.29, 1.82) is 0 Å². The summed E-state index contributed by atoms with van der Waals surface area (Å²) in [6.45, 7) is 11.1. The molecule has 0 aromatic rings. The molecule has 0 aromatic carbocycles. The molecule has 3 heteroatoms. The van der Waals surface area contributed by atoms with Crippen molar-refractivity contribution >= 4 is 0 Å². The van der Waals surface area contributed by atoms with Crippen LogP contribution in [0.25, 0.3) is 0 Å². The molecule has 2 aliphatic rings. The Morgan fingerprint density at radius 3 is 2.50 bits per heavy atom. The summed E-state index contributed by atoms with van der Waals surface area (Å²) in [5.74, 6) is 0.745. The van der Waals surface area contributed by atoms with Crippen molar-refractivity contribution in [3.8, 4) is 0 Å². The van der Waals surface area contributed by atoms with Crippen molar-refractivity contribution in [3.63, 3.8) is 0 Å². The smallest absolute Gasteiger partial charge is 0.0109 e. The van der Waals surface area contributed by atoms with Gasteiger partial charge >= 0.3 is 0 Å². The molecule has 106 valence electrons. The van der Waals surface area contributed by atoms with E-state index in [-0.39, 0.29) is 0 Å². The van der Waals surface area contributed by atoms with Gasteiger partial charge in [0.1, 0.15) is 0 Å². The highest BCUT2D eigenvalue weighted by Crippen LogP contribution is 2.19. The second-order valence-corrected chi connectivity index (χ2v) is 6.43. The Kier molecular flexibility index (Phi) is 5.46. The fourth-order valence-electron chi connectivity index (χ4n) is 2.75. The lowest BCUT2D eigenvalue weighted by molar-refractivity contribution is 0.173. The zero-order chi connectivity index (χ0) is 13.0. The van der Waals surface area contributed by atoms with Gasteiger partial charge in [0.2, 0.25) is 0 Å². The maximum Gasteiger partial charge on any atom is 0.0109 e. The van der Waals surface area contributed by atoms with Crippen LogP contribution in [0.4, 0.5) is 0 Å². The van der Waals surface area contributed by atoms with Crippen LogP contribution in [0, 0.1) is 5.92 Å². The quantitative estimate of drug-likeness (QED) is 0.711. The SMILES string of the molecule is CC(CNC1CC1)C(C)N(C)CCN1CCCC1. The average Bonchev–Trinajstić information content (AvgIpc) is 3.06. The van der Waals surface area contributed by atoms with Crippen LogP contribution in [0.15, 0.2) is 0 Å². The molecule has 0 bridgehead atoms. The van der Waals surface area contributed by atoms with E-state index in [0.717, 1.165) is 12.0 Å². The first-order valence-electron chi connectivity index (χ1n) is 7.83. The van der Waals surface area contributed by atoms with Crippen LogP contribution in [0.2, 0.25) is 0 Å². The maximum atomic E-state index is 3.65. The molecule has 0 radical (unpaired) electrons. The molecule has 18 heavy (non-hydrogen) atoms. The third kappa shape index (κ3) is 4.52. The molecule has 0 spiro atoms. The van der Waals surface area contributed by atoms with E-state index < -0.39 is 0 Å². The standard InChI is InChI=1S/C15H31N3/c1-13(12-16-15-6-7-15)14(2)17(3)10-11-18-8-4-5-9-18/h13-16H,4-12H2,1-3H3. The highest BCUT2D eigenvalue weighted by molar-refractivity contribution is 4.83. The molecule has 1 aliphatic carbocycles. The van der Waals surface area contributed by atoms with E-state index in [2.05, 4.69) is 36.0 Å². The molecule has 2 atom stereocenters. The van der Waals surface area contributed by atoms with Crippen molar-refractivity contribution in [2.75, 3.05) is 39.8 Å². The summed E-state index contributed by atoms with van der Waals surface area (Å²) in [5.41, 5.74) is 0. The Bertz CT molecular complexity index is 234. The molecule has 1 saturated heterocycles. The summed E-state index contributed by atoms with van der Waals surface area (Å²) in [7, 11) is 2.29. The lowest BCUT2D eigenvalue weighted by Gasteiger charge is -2.31. The van der Waals surface area contributed by atoms with Crippen LogP contribution in [0.5, 0.6) is 0 Å². The highest BCUT2D eigenvalue weighted by Gasteiger charge is 2.23. The van der Waals surface area contributed by atoms with Gasteiger partial charge in [0, 0.05) is 25.2 Å². The van der Waals surface area contributed by atoms with Crippen molar-refractivity contribution in [1.82, 2.24) is 15.1 Å². The van der Waals surface area contributed by atoms with Gasteiger partial charge in [-0.3, -0.25) is 0 Å². The van der Waals surface area contributed by atoms with Gasteiger partial charge in [-0.05, 0) is 65.2 Å². The minimum atomic E-state index is 0.679. The molecule has 0 amide bonds. The summed E-state index contributed by atoms with van der Waals surface area (Å²) in [6.07, 6.45) is 5.60. The molecule has 0 aromatic heterocycles. The molecule has 2 rings (SSSR count). The number of nitrogens with one attached hydrogen (secondary N) is 1. The highest BCUT2D eigenvalue weighted by atomic mass is 15.2. The zero-order valence-corrected chi connectivity index (χ0v) is 12.5. The number of hydrogen-bond acceptors (Lipinski definition) is 3. The second kappa shape index (κ2) is 6.88. The van der Waals surface area contributed by atoms with Crippen LogP contribution in [-0.2, 0) is 0 Å². The van der Waals surface area contributed by atoms with E-state index in [1.807, 2.05) is 0 Å². The summed E-state index contributed by atoms with van der Waals surface area (Å²) >= 11 is 0. The number of likely N-dealkylation sites (N-methyl/N-ethyl adjacent to an activating group) is 1. The molecule has 3 nitrogen and oxygen atoms in total. The minimum absolute atomic E-state index is 0.679. The summed E-state index contributed by atoms with van der Waals surface area (Å²) in [4.78, 5) is 5.15. The summed E-state index contributed by atoms with van der Waals surface area (Å²) in [6, 6.07) is 1.52. The fraction of sp³-hybridized carbons (Fsp3) is 1.00. The van der Waals surface area contributed by atoms with Crippen molar-refractivity contribution < 1.29 is 0 Å². The Morgan fingerprint density at radius 2 is 1.89 bits per heavy atom.